The maximum Gasteiger partial charge on any atom is 0.0652 e. The van der Waals surface area contributed by atoms with Crippen molar-refractivity contribution >= 4 is 28.9 Å². The molecule has 1 aromatic carbocycles. The smallest absolute Gasteiger partial charge is 0.0652 e. The number of halogens is 2. The highest BCUT2D eigenvalue weighted by Crippen LogP contribution is 2.26. The van der Waals surface area contributed by atoms with Gasteiger partial charge >= 0.3 is 0 Å². The Balaban J connectivity index is 2.64. The Hall–Kier alpha value is -0.400. The van der Waals surface area contributed by atoms with E-state index in [9.17, 15) is 0 Å². The first-order valence-corrected chi connectivity index (χ1v) is 5.96. The molecule has 0 heterocycles. The van der Waals surface area contributed by atoms with Crippen LogP contribution < -0.4 is 5.32 Å². The molecule has 0 spiro atoms. The predicted molar refractivity (Wildman–Crippen MR) is 69.0 cm³/mol. The van der Waals surface area contributed by atoms with Gasteiger partial charge in [-0.15, -0.1) is 0 Å². The van der Waals surface area contributed by atoms with E-state index in [0.717, 1.165) is 12.1 Å². The van der Waals surface area contributed by atoms with Gasteiger partial charge in [0.25, 0.3) is 0 Å². The zero-order valence-electron chi connectivity index (χ0n) is 9.35. The van der Waals surface area contributed by atoms with Gasteiger partial charge in [-0.25, -0.2) is 0 Å². The molecule has 15 heavy (non-hydrogen) atoms. The second-order valence-corrected chi connectivity index (χ2v) is 5.14. The monoisotopic (exact) mass is 245 g/mol. The van der Waals surface area contributed by atoms with Crippen LogP contribution in [0.5, 0.6) is 0 Å². The summed E-state index contributed by atoms with van der Waals surface area (Å²) in [4.78, 5) is 0. The van der Waals surface area contributed by atoms with Crippen molar-refractivity contribution in [2.75, 3.05) is 5.32 Å². The SMILES string of the molecule is CC(C)CC(C)Nc1ccc(Cl)cc1Cl. The Labute approximate surface area is 102 Å². The zero-order chi connectivity index (χ0) is 11.4. The number of anilines is 1. The minimum atomic E-state index is 0.420. The van der Waals surface area contributed by atoms with Gasteiger partial charge in [0, 0.05) is 11.1 Å². The summed E-state index contributed by atoms with van der Waals surface area (Å²) < 4.78 is 0. The predicted octanol–water partition coefficient (Wildman–Crippen LogP) is 4.84. The van der Waals surface area contributed by atoms with E-state index in [1.54, 1.807) is 6.07 Å². The first-order chi connectivity index (χ1) is 6.99. The van der Waals surface area contributed by atoms with E-state index in [1.807, 2.05) is 12.1 Å². The van der Waals surface area contributed by atoms with Crippen molar-refractivity contribution in [2.45, 2.75) is 33.2 Å². The lowest BCUT2D eigenvalue weighted by atomic mass is 10.1. The van der Waals surface area contributed by atoms with Crippen LogP contribution in [0, 0.1) is 5.92 Å². The van der Waals surface area contributed by atoms with E-state index in [1.165, 1.54) is 0 Å². The summed E-state index contributed by atoms with van der Waals surface area (Å²) in [6.45, 7) is 6.58. The topological polar surface area (TPSA) is 12.0 Å². The average Bonchev–Trinajstić information content (AvgIpc) is 2.08. The lowest BCUT2D eigenvalue weighted by Crippen LogP contribution is -2.17. The highest BCUT2D eigenvalue weighted by atomic mass is 35.5. The Morgan fingerprint density at radius 1 is 1.20 bits per heavy atom. The van der Waals surface area contributed by atoms with Crippen molar-refractivity contribution in [3.05, 3.63) is 28.2 Å². The van der Waals surface area contributed by atoms with Crippen molar-refractivity contribution in [2.24, 2.45) is 5.92 Å². The number of benzene rings is 1. The second-order valence-electron chi connectivity index (χ2n) is 4.30. The molecule has 0 saturated carbocycles. The molecule has 1 N–H and O–H groups in total. The largest absolute Gasteiger partial charge is 0.381 e. The van der Waals surface area contributed by atoms with E-state index in [-0.39, 0.29) is 0 Å². The normalized spacial score (nSPS) is 12.9. The molecule has 0 aromatic heterocycles. The van der Waals surface area contributed by atoms with Gasteiger partial charge in [-0.3, -0.25) is 0 Å². The first kappa shape index (κ1) is 12.7. The zero-order valence-corrected chi connectivity index (χ0v) is 10.9. The highest BCUT2D eigenvalue weighted by Gasteiger charge is 2.07. The van der Waals surface area contributed by atoms with Gasteiger partial charge in [0.1, 0.15) is 0 Å². The Morgan fingerprint density at radius 3 is 2.40 bits per heavy atom. The van der Waals surface area contributed by atoms with Crippen molar-refractivity contribution in [3.63, 3.8) is 0 Å². The molecule has 1 unspecified atom stereocenters. The minimum Gasteiger partial charge on any atom is -0.381 e. The summed E-state index contributed by atoms with van der Waals surface area (Å²) >= 11 is 11.9. The molecule has 1 nitrogen and oxygen atoms in total. The first-order valence-electron chi connectivity index (χ1n) is 5.20. The molecule has 0 aliphatic rings. The molecule has 0 radical (unpaired) electrons. The van der Waals surface area contributed by atoms with Crippen molar-refractivity contribution in [1.82, 2.24) is 0 Å². The molecule has 3 heteroatoms. The molecular weight excluding hydrogens is 229 g/mol. The van der Waals surface area contributed by atoms with Crippen LogP contribution in [0.1, 0.15) is 27.2 Å². The minimum absolute atomic E-state index is 0.420. The van der Waals surface area contributed by atoms with Gasteiger partial charge in [0.15, 0.2) is 0 Å². The van der Waals surface area contributed by atoms with E-state index in [2.05, 4.69) is 26.1 Å². The molecule has 1 aromatic rings. The molecule has 1 atom stereocenters. The van der Waals surface area contributed by atoms with Gasteiger partial charge in [-0.05, 0) is 37.5 Å². The van der Waals surface area contributed by atoms with Crippen molar-refractivity contribution in [1.29, 1.82) is 0 Å². The molecule has 0 bridgehead atoms. The highest BCUT2D eigenvalue weighted by molar-refractivity contribution is 6.36. The molecule has 0 aliphatic heterocycles. The molecular formula is C12H17Cl2N. The van der Waals surface area contributed by atoms with Gasteiger partial charge in [-0.2, -0.15) is 0 Å². The second kappa shape index (κ2) is 5.62. The van der Waals surface area contributed by atoms with Crippen LogP contribution in [0.2, 0.25) is 10.0 Å². The lowest BCUT2D eigenvalue weighted by molar-refractivity contribution is 0.540. The summed E-state index contributed by atoms with van der Waals surface area (Å²) in [5, 5.41) is 4.73. The van der Waals surface area contributed by atoms with E-state index in [0.29, 0.717) is 22.0 Å². The van der Waals surface area contributed by atoms with Crippen LogP contribution in [0.3, 0.4) is 0 Å². The number of hydrogen-bond donors (Lipinski definition) is 1. The summed E-state index contributed by atoms with van der Waals surface area (Å²) in [6.07, 6.45) is 1.12. The number of nitrogens with one attached hydrogen (secondary N) is 1. The van der Waals surface area contributed by atoms with E-state index < -0.39 is 0 Å². The molecule has 0 amide bonds. The third kappa shape index (κ3) is 4.31. The van der Waals surface area contributed by atoms with Gasteiger partial charge in [-0.1, -0.05) is 37.0 Å². The van der Waals surface area contributed by atoms with Crippen LogP contribution >= 0.6 is 23.2 Å². The maximum atomic E-state index is 6.06. The van der Waals surface area contributed by atoms with Crippen molar-refractivity contribution in [3.8, 4) is 0 Å². The third-order valence-corrected chi connectivity index (χ3v) is 2.71. The Bertz CT molecular complexity index is 323. The molecule has 0 aliphatic carbocycles. The Morgan fingerprint density at radius 2 is 1.87 bits per heavy atom. The van der Waals surface area contributed by atoms with Crippen LogP contribution in [-0.4, -0.2) is 6.04 Å². The molecule has 1 rings (SSSR count). The molecule has 84 valence electrons. The lowest BCUT2D eigenvalue weighted by Gasteiger charge is -2.18. The molecule has 0 saturated heterocycles. The molecule has 0 fully saturated rings. The fraction of sp³-hybridized carbons (Fsp3) is 0.500. The summed E-state index contributed by atoms with van der Waals surface area (Å²) in [7, 11) is 0. The van der Waals surface area contributed by atoms with Crippen LogP contribution in [0.15, 0.2) is 18.2 Å². The van der Waals surface area contributed by atoms with E-state index in [4.69, 9.17) is 23.2 Å². The van der Waals surface area contributed by atoms with Gasteiger partial charge in [0.2, 0.25) is 0 Å². The Kier molecular flexibility index (Phi) is 4.75. The van der Waals surface area contributed by atoms with Gasteiger partial charge < -0.3 is 5.32 Å². The number of rotatable bonds is 4. The summed E-state index contributed by atoms with van der Waals surface area (Å²) in [5.41, 5.74) is 0.953. The van der Waals surface area contributed by atoms with Gasteiger partial charge in [0.05, 0.1) is 10.7 Å². The fourth-order valence-corrected chi connectivity index (χ4v) is 2.10. The maximum absolute atomic E-state index is 6.06. The average molecular weight is 246 g/mol. The van der Waals surface area contributed by atoms with Crippen LogP contribution in [-0.2, 0) is 0 Å². The third-order valence-electron chi connectivity index (χ3n) is 2.16. The van der Waals surface area contributed by atoms with E-state index >= 15 is 0 Å². The van der Waals surface area contributed by atoms with Crippen molar-refractivity contribution < 1.29 is 0 Å². The summed E-state index contributed by atoms with van der Waals surface area (Å²) in [5.74, 6) is 0.679. The quantitative estimate of drug-likeness (QED) is 0.801. The fourth-order valence-electron chi connectivity index (χ4n) is 1.64. The van der Waals surface area contributed by atoms with Crippen LogP contribution in [0.4, 0.5) is 5.69 Å². The van der Waals surface area contributed by atoms with Crippen LogP contribution in [0.25, 0.3) is 0 Å². The standard InChI is InChI=1S/C12H17Cl2N/c1-8(2)6-9(3)15-12-5-4-10(13)7-11(12)14/h4-5,7-9,15H,6H2,1-3H3. The number of hydrogen-bond acceptors (Lipinski definition) is 1. The summed E-state index contributed by atoms with van der Waals surface area (Å²) in [6, 6.07) is 5.94.